The van der Waals surface area contributed by atoms with Gasteiger partial charge in [0.25, 0.3) is 5.69 Å². The minimum absolute atomic E-state index is 0.0171. The molecule has 0 aliphatic carbocycles. The molecule has 1 aliphatic heterocycles. The number of piperidine rings is 1. The van der Waals surface area contributed by atoms with E-state index in [0.29, 0.717) is 12.1 Å². The molecule has 0 bridgehead atoms. The maximum atomic E-state index is 12.3. The van der Waals surface area contributed by atoms with Gasteiger partial charge in [0.1, 0.15) is 0 Å². The third kappa shape index (κ3) is 3.33. The van der Waals surface area contributed by atoms with Gasteiger partial charge < -0.3 is 10.2 Å². The Labute approximate surface area is 117 Å². The summed E-state index contributed by atoms with van der Waals surface area (Å²) in [7, 11) is 1.70. The smallest absolute Gasteiger partial charge is 0.274 e. The van der Waals surface area contributed by atoms with Crippen molar-refractivity contribution >= 4 is 11.6 Å². The first-order chi connectivity index (χ1) is 9.59. The van der Waals surface area contributed by atoms with Crippen LogP contribution in [0.15, 0.2) is 24.3 Å². The van der Waals surface area contributed by atoms with Crippen molar-refractivity contribution in [3.63, 3.8) is 0 Å². The molecule has 1 N–H and O–H groups in total. The van der Waals surface area contributed by atoms with E-state index in [-0.39, 0.29) is 24.1 Å². The molecule has 1 saturated heterocycles. The van der Waals surface area contributed by atoms with Gasteiger partial charge in [0.05, 0.1) is 17.4 Å². The lowest BCUT2D eigenvalue weighted by molar-refractivity contribution is -0.385. The van der Waals surface area contributed by atoms with Gasteiger partial charge in [-0.15, -0.1) is 0 Å². The highest BCUT2D eigenvalue weighted by atomic mass is 16.6. The number of benzene rings is 1. The fraction of sp³-hybridized carbons (Fsp3) is 0.500. The van der Waals surface area contributed by atoms with E-state index < -0.39 is 4.92 Å². The zero-order chi connectivity index (χ0) is 14.5. The number of hydrogen-bond donors (Lipinski definition) is 1. The summed E-state index contributed by atoms with van der Waals surface area (Å²) in [5.74, 6) is 0.0341. The molecule has 2 rings (SSSR count). The van der Waals surface area contributed by atoms with Crippen molar-refractivity contribution in [2.45, 2.75) is 19.4 Å². The summed E-state index contributed by atoms with van der Waals surface area (Å²) in [6, 6.07) is 6.55. The number of carbonyl (C=O) groups is 1. The van der Waals surface area contributed by atoms with Crippen LogP contribution in [0.5, 0.6) is 0 Å². The predicted molar refractivity (Wildman–Crippen MR) is 75.2 cm³/mol. The molecular formula is C14H19N3O3. The minimum atomic E-state index is -0.407. The minimum Gasteiger partial charge on any atom is -0.341 e. The van der Waals surface area contributed by atoms with Crippen molar-refractivity contribution in [2.24, 2.45) is 5.92 Å². The number of carbonyl (C=O) groups excluding carboxylic acids is 1. The molecule has 20 heavy (non-hydrogen) atoms. The van der Waals surface area contributed by atoms with Crippen LogP contribution < -0.4 is 5.32 Å². The number of nitrogens with one attached hydrogen (secondary N) is 1. The molecule has 0 spiro atoms. The molecule has 6 heteroatoms. The zero-order valence-electron chi connectivity index (χ0n) is 11.5. The third-order valence-corrected chi connectivity index (χ3v) is 3.62. The molecule has 0 aromatic heterocycles. The fourth-order valence-electron chi connectivity index (χ4n) is 2.53. The quantitative estimate of drug-likeness (QED) is 0.669. The number of rotatable bonds is 4. The fourth-order valence-corrected chi connectivity index (χ4v) is 2.53. The Bertz CT molecular complexity index is 498. The van der Waals surface area contributed by atoms with E-state index in [0.717, 1.165) is 19.4 Å². The maximum Gasteiger partial charge on any atom is 0.274 e. The molecule has 1 amide bonds. The Morgan fingerprint density at radius 2 is 2.25 bits per heavy atom. The summed E-state index contributed by atoms with van der Waals surface area (Å²) >= 11 is 0. The van der Waals surface area contributed by atoms with E-state index in [2.05, 4.69) is 5.32 Å². The Morgan fingerprint density at radius 1 is 1.50 bits per heavy atom. The lowest BCUT2D eigenvalue weighted by Crippen LogP contribution is -2.41. The first kappa shape index (κ1) is 14.5. The van der Waals surface area contributed by atoms with Crippen molar-refractivity contribution in [3.05, 3.63) is 39.9 Å². The van der Waals surface area contributed by atoms with Crippen LogP contribution in [-0.4, -0.2) is 35.9 Å². The second kappa shape index (κ2) is 6.47. The highest BCUT2D eigenvalue weighted by Gasteiger charge is 2.25. The van der Waals surface area contributed by atoms with Gasteiger partial charge in [-0.2, -0.15) is 0 Å². The van der Waals surface area contributed by atoms with Crippen molar-refractivity contribution in [3.8, 4) is 0 Å². The van der Waals surface area contributed by atoms with E-state index in [4.69, 9.17) is 0 Å². The molecular weight excluding hydrogens is 258 g/mol. The van der Waals surface area contributed by atoms with Gasteiger partial charge in [-0.3, -0.25) is 14.9 Å². The first-order valence-electron chi connectivity index (χ1n) is 6.77. The summed E-state index contributed by atoms with van der Waals surface area (Å²) in [4.78, 5) is 24.4. The van der Waals surface area contributed by atoms with Gasteiger partial charge in [0.15, 0.2) is 0 Å². The molecule has 0 unspecified atom stereocenters. The van der Waals surface area contributed by atoms with Crippen LogP contribution in [0.4, 0.5) is 5.69 Å². The van der Waals surface area contributed by atoms with Crippen LogP contribution in [0.3, 0.4) is 0 Å². The summed E-state index contributed by atoms with van der Waals surface area (Å²) in [6.45, 7) is 1.92. The first-order valence-corrected chi connectivity index (χ1v) is 6.77. The van der Waals surface area contributed by atoms with E-state index in [1.165, 1.54) is 6.07 Å². The average Bonchev–Trinajstić information content (AvgIpc) is 2.47. The summed E-state index contributed by atoms with van der Waals surface area (Å²) in [6.07, 6.45) is 1.88. The molecule has 0 saturated carbocycles. The van der Waals surface area contributed by atoms with Crippen LogP contribution in [-0.2, 0) is 11.3 Å². The van der Waals surface area contributed by atoms with Gasteiger partial charge in [-0.1, -0.05) is 18.2 Å². The highest BCUT2D eigenvalue weighted by Crippen LogP contribution is 2.20. The van der Waals surface area contributed by atoms with Crippen molar-refractivity contribution in [1.29, 1.82) is 0 Å². The van der Waals surface area contributed by atoms with E-state index in [1.807, 2.05) is 0 Å². The standard InChI is InChI=1S/C14H19N3O3/c1-16(14(18)11-6-4-8-15-9-11)10-12-5-2-3-7-13(12)17(19)20/h2-3,5,7,11,15H,4,6,8-10H2,1H3/t11-/m1/s1. The van der Waals surface area contributed by atoms with Gasteiger partial charge in [-0.25, -0.2) is 0 Å². The maximum absolute atomic E-state index is 12.3. The summed E-state index contributed by atoms with van der Waals surface area (Å²) in [5, 5.41) is 14.2. The Balaban J connectivity index is 2.05. The molecule has 1 aromatic carbocycles. The van der Waals surface area contributed by atoms with Crippen molar-refractivity contribution in [1.82, 2.24) is 10.2 Å². The molecule has 108 valence electrons. The van der Waals surface area contributed by atoms with E-state index in [1.54, 1.807) is 30.1 Å². The second-order valence-electron chi connectivity index (χ2n) is 5.12. The zero-order valence-corrected chi connectivity index (χ0v) is 11.5. The number of nitro groups is 1. The van der Waals surface area contributed by atoms with Gasteiger partial charge in [-0.05, 0) is 19.4 Å². The number of nitrogens with zero attached hydrogens (tertiary/aromatic N) is 2. The van der Waals surface area contributed by atoms with Crippen LogP contribution in [0.2, 0.25) is 0 Å². The SMILES string of the molecule is CN(Cc1ccccc1[N+](=O)[O-])C(=O)[C@@H]1CCCNC1. The highest BCUT2D eigenvalue weighted by molar-refractivity contribution is 5.79. The van der Waals surface area contributed by atoms with Gasteiger partial charge in [0, 0.05) is 25.2 Å². The van der Waals surface area contributed by atoms with Crippen molar-refractivity contribution < 1.29 is 9.72 Å². The normalized spacial score (nSPS) is 18.6. The van der Waals surface area contributed by atoms with E-state index in [9.17, 15) is 14.9 Å². The number of hydrogen-bond acceptors (Lipinski definition) is 4. The Kier molecular flexibility index (Phi) is 4.68. The van der Waals surface area contributed by atoms with Gasteiger partial charge in [0.2, 0.25) is 5.91 Å². The Hall–Kier alpha value is -1.95. The average molecular weight is 277 g/mol. The van der Waals surface area contributed by atoms with Crippen LogP contribution in [0.1, 0.15) is 18.4 Å². The monoisotopic (exact) mass is 277 g/mol. The molecule has 6 nitrogen and oxygen atoms in total. The molecule has 1 aromatic rings. The lowest BCUT2D eigenvalue weighted by Gasteiger charge is -2.27. The largest absolute Gasteiger partial charge is 0.341 e. The molecule has 1 atom stereocenters. The summed E-state index contributed by atoms with van der Waals surface area (Å²) < 4.78 is 0. The van der Waals surface area contributed by atoms with Crippen LogP contribution >= 0.6 is 0 Å². The number of amides is 1. The topological polar surface area (TPSA) is 75.5 Å². The lowest BCUT2D eigenvalue weighted by atomic mass is 9.98. The third-order valence-electron chi connectivity index (χ3n) is 3.62. The van der Waals surface area contributed by atoms with Crippen molar-refractivity contribution in [2.75, 3.05) is 20.1 Å². The Morgan fingerprint density at radius 3 is 2.90 bits per heavy atom. The van der Waals surface area contributed by atoms with Gasteiger partial charge >= 0.3 is 0 Å². The van der Waals surface area contributed by atoms with Crippen LogP contribution in [0, 0.1) is 16.0 Å². The predicted octanol–water partition coefficient (Wildman–Crippen LogP) is 1.55. The molecule has 1 heterocycles. The number of nitro benzene ring substituents is 1. The van der Waals surface area contributed by atoms with E-state index >= 15 is 0 Å². The molecule has 0 radical (unpaired) electrons. The molecule has 1 fully saturated rings. The van der Waals surface area contributed by atoms with Crippen LogP contribution in [0.25, 0.3) is 0 Å². The number of para-hydroxylation sites is 1. The summed E-state index contributed by atoms with van der Waals surface area (Å²) in [5.41, 5.74) is 0.631. The molecule has 1 aliphatic rings. The second-order valence-corrected chi connectivity index (χ2v) is 5.12.